The molecule has 0 saturated heterocycles. The van der Waals surface area contributed by atoms with E-state index in [1.54, 1.807) is 13.1 Å². The van der Waals surface area contributed by atoms with Crippen LogP contribution < -0.4 is 10.0 Å². The van der Waals surface area contributed by atoms with Gasteiger partial charge in [0.25, 0.3) is 0 Å². The second kappa shape index (κ2) is 7.94. The zero-order valence-corrected chi connectivity index (χ0v) is 16.6. The highest BCUT2D eigenvalue weighted by atomic mass is 35.5. The minimum Gasteiger partial charge on any atom is -0.308 e. The van der Waals surface area contributed by atoms with Crippen molar-refractivity contribution < 1.29 is 8.42 Å². The molecule has 1 aliphatic heterocycles. The van der Waals surface area contributed by atoms with Crippen molar-refractivity contribution in [3.63, 3.8) is 0 Å². The molecule has 1 atom stereocenters. The molecule has 1 unspecified atom stereocenters. The molecular weight excluding hydrogens is 382 g/mol. The molecule has 4 rings (SSSR count). The Morgan fingerprint density at radius 3 is 2.81 bits per heavy atom. The van der Waals surface area contributed by atoms with Gasteiger partial charge in [-0.05, 0) is 42.6 Å². The maximum absolute atomic E-state index is 13.0. The van der Waals surface area contributed by atoms with Crippen molar-refractivity contribution in [1.29, 1.82) is 0 Å². The number of pyridine rings is 1. The lowest BCUT2D eigenvalue weighted by Gasteiger charge is -2.27. The van der Waals surface area contributed by atoms with Gasteiger partial charge in [0.05, 0.1) is 5.52 Å². The Morgan fingerprint density at radius 1 is 1.15 bits per heavy atom. The number of aryl methyl sites for hydroxylation is 1. The molecular formula is C20H22ClN3O2S. The van der Waals surface area contributed by atoms with E-state index >= 15 is 0 Å². The zero-order valence-electron chi connectivity index (χ0n) is 15.0. The molecule has 27 heavy (non-hydrogen) atoms. The third-order valence-electron chi connectivity index (χ3n) is 4.89. The van der Waals surface area contributed by atoms with E-state index < -0.39 is 10.0 Å². The molecule has 0 amide bonds. The van der Waals surface area contributed by atoms with E-state index in [0.717, 1.165) is 23.9 Å². The fourth-order valence-corrected chi connectivity index (χ4v) is 5.05. The summed E-state index contributed by atoms with van der Waals surface area (Å²) in [5, 5.41) is 4.23. The minimum atomic E-state index is -3.67. The maximum atomic E-state index is 13.0. The Kier molecular flexibility index (Phi) is 5.81. The van der Waals surface area contributed by atoms with E-state index in [0.29, 0.717) is 17.6 Å². The van der Waals surface area contributed by atoms with Crippen LogP contribution in [-0.4, -0.2) is 26.5 Å². The molecule has 0 aliphatic carbocycles. The molecule has 7 heteroatoms. The van der Waals surface area contributed by atoms with Crippen molar-refractivity contribution in [3.05, 3.63) is 71.4 Å². The Hall–Kier alpha value is -1.99. The molecule has 0 bridgehead atoms. The molecule has 0 saturated carbocycles. The Balaban J connectivity index is 0.00000210. The number of rotatable bonds is 4. The second-order valence-corrected chi connectivity index (χ2v) is 8.30. The third kappa shape index (κ3) is 3.84. The third-order valence-corrected chi connectivity index (χ3v) is 6.49. The molecule has 2 aromatic carbocycles. The summed E-state index contributed by atoms with van der Waals surface area (Å²) in [5.74, 6) is 0. The van der Waals surface area contributed by atoms with Crippen LogP contribution in [0.3, 0.4) is 0 Å². The second-order valence-electron chi connectivity index (χ2n) is 6.59. The van der Waals surface area contributed by atoms with Crippen LogP contribution in [0.25, 0.3) is 10.9 Å². The largest absolute Gasteiger partial charge is 0.308 e. The van der Waals surface area contributed by atoms with Gasteiger partial charge in [0.15, 0.2) is 0 Å². The quantitative estimate of drug-likeness (QED) is 0.702. The first-order valence-corrected chi connectivity index (χ1v) is 10.2. The number of hydrogen-bond acceptors (Lipinski definition) is 4. The zero-order chi connectivity index (χ0) is 18.1. The highest BCUT2D eigenvalue weighted by Crippen LogP contribution is 2.26. The molecule has 0 fully saturated rings. The highest BCUT2D eigenvalue weighted by molar-refractivity contribution is 7.89. The Morgan fingerprint density at radius 2 is 1.96 bits per heavy atom. The summed E-state index contributed by atoms with van der Waals surface area (Å²) in [4.78, 5) is 4.57. The monoisotopic (exact) mass is 403 g/mol. The van der Waals surface area contributed by atoms with Crippen LogP contribution in [0.1, 0.15) is 22.7 Å². The summed E-state index contributed by atoms with van der Waals surface area (Å²) < 4.78 is 28.9. The topological polar surface area (TPSA) is 71.1 Å². The fourth-order valence-electron chi connectivity index (χ4n) is 3.60. The van der Waals surface area contributed by atoms with Crippen molar-refractivity contribution in [3.8, 4) is 0 Å². The highest BCUT2D eigenvalue weighted by Gasteiger charge is 2.25. The van der Waals surface area contributed by atoms with E-state index in [1.807, 2.05) is 36.4 Å². The number of fused-ring (bicyclic) bond motifs is 2. The van der Waals surface area contributed by atoms with Gasteiger partial charge in [-0.15, -0.1) is 12.4 Å². The number of aromatic nitrogens is 1. The van der Waals surface area contributed by atoms with Gasteiger partial charge >= 0.3 is 0 Å². The minimum absolute atomic E-state index is 0. The van der Waals surface area contributed by atoms with Crippen LogP contribution in [0.15, 0.2) is 59.6 Å². The molecule has 5 nitrogen and oxygen atoms in total. The van der Waals surface area contributed by atoms with Gasteiger partial charge in [-0.25, -0.2) is 13.1 Å². The molecule has 1 aromatic heterocycles. The summed E-state index contributed by atoms with van der Waals surface area (Å²) >= 11 is 0. The van der Waals surface area contributed by atoms with Crippen molar-refractivity contribution in [1.82, 2.24) is 15.0 Å². The lowest BCUT2D eigenvalue weighted by molar-refractivity contribution is 0.491. The van der Waals surface area contributed by atoms with Crippen LogP contribution in [0.2, 0.25) is 0 Å². The average molecular weight is 404 g/mol. The number of halogens is 1. The van der Waals surface area contributed by atoms with Gasteiger partial charge in [-0.2, -0.15) is 0 Å². The van der Waals surface area contributed by atoms with Crippen molar-refractivity contribution >= 4 is 33.3 Å². The van der Waals surface area contributed by atoms with E-state index in [2.05, 4.69) is 27.2 Å². The summed E-state index contributed by atoms with van der Waals surface area (Å²) in [6, 6.07) is 15.6. The number of nitrogens with one attached hydrogen (secondary N) is 2. The predicted molar refractivity (Wildman–Crippen MR) is 110 cm³/mol. The van der Waals surface area contributed by atoms with Crippen molar-refractivity contribution in [2.45, 2.75) is 24.3 Å². The summed E-state index contributed by atoms with van der Waals surface area (Å²) in [6.45, 7) is 2.96. The summed E-state index contributed by atoms with van der Waals surface area (Å²) in [5.41, 5.74) is 3.64. The van der Waals surface area contributed by atoms with Crippen LogP contribution in [0, 0.1) is 6.92 Å². The summed E-state index contributed by atoms with van der Waals surface area (Å²) in [6.07, 6.45) is 2.59. The van der Waals surface area contributed by atoms with E-state index in [-0.39, 0.29) is 23.3 Å². The van der Waals surface area contributed by atoms with Gasteiger partial charge in [0.1, 0.15) is 4.90 Å². The standard InChI is InChI=1S/C20H21N3O2S.ClH/c1-14-8-9-16-6-4-11-22-19(16)20(14)26(24,25)23-13-18-17-7-3-2-5-15(17)10-12-21-18;/h2-9,11,18,21,23H,10,12-13H2,1H3;1H. The number of sulfonamides is 1. The molecule has 0 radical (unpaired) electrons. The first-order valence-electron chi connectivity index (χ1n) is 8.71. The van der Waals surface area contributed by atoms with Crippen LogP contribution in [-0.2, 0) is 16.4 Å². The lowest BCUT2D eigenvalue weighted by Crippen LogP contribution is -2.39. The molecule has 142 valence electrons. The van der Waals surface area contributed by atoms with Crippen LogP contribution in [0.4, 0.5) is 0 Å². The van der Waals surface area contributed by atoms with Crippen molar-refractivity contribution in [2.24, 2.45) is 0 Å². The van der Waals surface area contributed by atoms with Crippen LogP contribution in [0.5, 0.6) is 0 Å². The normalized spacial score (nSPS) is 16.6. The van der Waals surface area contributed by atoms with E-state index in [4.69, 9.17) is 0 Å². The molecule has 3 aromatic rings. The van der Waals surface area contributed by atoms with Gasteiger partial charge in [0.2, 0.25) is 10.0 Å². The predicted octanol–water partition coefficient (Wildman–Crippen LogP) is 3.13. The lowest BCUT2D eigenvalue weighted by atomic mass is 9.95. The molecule has 2 heterocycles. The number of hydrogen-bond donors (Lipinski definition) is 2. The average Bonchev–Trinajstić information content (AvgIpc) is 2.66. The SMILES string of the molecule is Cc1ccc2cccnc2c1S(=O)(=O)NCC1NCCc2ccccc21.Cl. The smallest absolute Gasteiger partial charge is 0.243 e. The van der Waals surface area contributed by atoms with Crippen LogP contribution >= 0.6 is 12.4 Å². The Labute approximate surface area is 165 Å². The summed E-state index contributed by atoms with van der Waals surface area (Å²) in [7, 11) is -3.67. The fraction of sp³-hybridized carbons (Fsp3) is 0.250. The molecule has 0 spiro atoms. The number of nitrogens with zero attached hydrogens (tertiary/aromatic N) is 1. The molecule has 2 N–H and O–H groups in total. The van der Waals surface area contributed by atoms with Gasteiger partial charge in [0, 0.05) is 24.2 Å². The van der Waals surface area contributed by atoms with Gasteiger partial charge in [-0.1, -0.05) is 42.5 Å². The first kappa shape index (κ1) is 19.8. The van der Waals surface area contributed by atoms with E-state index in [1.165, 1.54) is 5.56 Å². The Bertz CT molecular complexity index is 1070. The maximum Gasteiger partial charge on any atom is 0.243 e. The van der Waals surface area contributed by atoms with Gasteiger partial charge in [-0.3, -0.25) is 4.98 Å². The van der Waals surface area contributed by atoms with Gasteiger partial charge < -0.3 is 5.32 Å². The van der Waals surface area contributed by atoms with E-state index in [9.17, 15) is 8.42 Å². The molecule has 1 aliphatic rings. The number of benzene rings is 2. The first-order chi connectivity index (χ1) is 12.6. The van der Waals surface area contributed by atoms with Crippen molar-refractivity contribution in [2.75, 3.05) is 13.1 Å².